The summed E-state index contributed by atoms with van der Waals surface area (Å²) >= 11 is 0. The third kappa shape index (κ3) is 8.88. The van der Waals surface area contributed by atoms with Gasteiger partial charge in [0.25, 0.3) is 17.7 Å². The van der Waals surface area contributed by atoms with Gasteiger partial charge in [0.05, 0.1) is 12.7 Å². The molecule has 0 saturated carbocycles. The Labute approximate surface area is 242 Å². The van der Waals surface area contributed by atoms with Crippen molar-refractivity contribution in [2.75, 3.05) is 19.7 Å². The number of aliphatic hydroxyl groups excluding tert-OH is 3. The molecule has 0 radical (unpaired) electrons. The fourth-order valence-corrected chi connectivity index (χ4v) is 4.95. The summed E-state index contributed by atoms with van der Waals surface area (Å²) in [7, 11) is 0. The lowest BCUT2D eigenvalue weighted by molar-refractivity contribution is -0.292. The van der Waals surface area contributed by atoms with Gasteiger partial charge >= 0.3 is 5.97 Å². The van der Waals surface area contributed by atoms with Gasteiger partial charge in [-0.05, 0) is 32.6 Å². The van der Waals surface area contributed by atoms with Crippen LogP contribution in [0.4, 0.5) is 0 Å². The van der Waals surface area contributed by atoms with E-state index in [1.807, 2.05) is 0 Å². The quantitative estimate of drug-likeness (QED) is 0.128. The zero-order valence-corrected chi connectivity index (χ0v) is 23.8. The predicted octanol–water partition coefficient (Wildman–Crippen LogP) is -1.03. The van der Waals surface area contributed by atoms with Crippen LogP contribution in [-0.4, -0.2) is 111 Å². The molecule has 0 aromatic rings. The largest absolute Gasteiger partial charge is 0.388 e. The Balaban J connectivity index is 1.46. The Morgan fingerprint density at radius 2 is 1.52 bits per heavy atom. The van der Waals surface area contributed by atoms with E-state index in [-0.39, 0.29) is 44.6 Å². The molecule has 3 fully saturated rings. The minimum absolute atomic E-state index is 0.0136. The zero-order valence-electron chi connectivity index (χ0n) is 23.8. The smallest absolute Gasteiger partial charge is 0.333 e. The van der Waals surface area contributed by atoms with Gasteiger partial charge in [-0.25, -0.2) is 4.79 Å². The van der Waals surface area contributed by atoms with Crippen LogP contribution in [0.1, 0.15) is 71.6 Å². The number of carbonyl (C=O) groups excluding carboxylic acids is 6. The van der Waals surface area contributed by atoms with Gasteiger partial charge in [0.2, 0.25) is 11.8 Å². The van der Waals surface area contributed by atoms with Crippen molar-refractivity contribution < 1.29 is 58.4 Å². The number of nitrogens with one attached hydrogen (secondary N) is 1. The highest BCUT2D eigenvalue weighted by Gasteiger charge is 2.42. The van der Waals surface area contributed by atoms with Gasteiger partial charge in [-0.2, -0.15) is 0 Å². The van der Waals surface area contributed by atoms with Crippen LogP contribution in [0, 0.1) is 0 Å². The van der Waals surface area contributed by atoms with Crippen LogP contribution in [0.5, 0.6) is 0 Å². The van der Waals surface area contributed by atoms with Gasteiger partial charge in [-0.15, -0.1) is 5.06 Å². The number of piperidine rings is 1. The van der Waals surface area contributed by atoms with Crippen LogP contribution in [0.15, 0.2) is 11.1 Å². The van der Waals surface area contributed by atoms with Crippen LogP contribution >= 0.6 is 0 Å². The number of rotatable bonds is 11. The SMILES string of the molecule is CC(=O)NC(=O)C(CCO[C@@H]1O[C@@H](C)[C@@H](O)[C@@H](O)[C@@H]1O)=C1CCN(C(=O)CCCCC(=O)ON2C(=O)CCC2=O)CC1. The number of amides is 5. The van der Waals surface area contributed by atoms with E-state index in [9.17, 15) is 44.1 Å². The lowest BCUT2D eigenvalue weighted by Crippen LogP contribution is -2.57. The van der Waals surface area contributed by atoms with Gasteiger partial charge in [-0.3, -0.25) is 29.3 Å². The van der Waals surface area contributed by atoms with Gasteiger partial charge in [0.1, 0.15) is 18.3 Å². The third-order valence-corrected chi connectivity index (χ3v) is 7.37. The van der Waals surface area contributed by atoms with Crippen molar-refractivity contribution >= 4 is 35.5 Å². The van der Waals surface area contributed by atoms with E-state index in [2.05, 4.69) is 5.32 Å². The van der Waals surface area contributed by atoms with E-state index in [1.54, 1.807) is 4.90 Å². The van der Waals surface area contributed by atoms with E-state index in [4.69, 9.17) is 14.3 Å². The number of hydrogen-bond donors (Lipinski definition) is 4. The van der Waals surface area contributed by atoms with Crippen LogP contribution in [0.2, 0.25) is 0 Å². The number of likely N-dealkylation sites (tertiary alicyclic amines) is 1. The van der Waals surface area contributed by atoms with Crippen molar-refractivity contribution in [1.82, 2.24) is 15.3 Å². The fraction of sp³-hybridized carbons (Fsp3) is 0.704. The first kappa shape index (κ1) is 33.3. The van der Waals surface area contributed by atoms with E-state index in [0.29, 0.717) is 49.4 Å². The number of nitrogens with zero attached hydrogens (tertiary/aromatic N) is 2. The van der Waals surface area contributed by atoms with Gasteiger partial charge in [-0.1, -0.05) is 5.57 Å². The summed E-state index contributed by atoms with van der Waals surface area (Å²) in [5.41, 5.74) is 1.08. The van der Waals surface area contributed by atoms with Crippen molar-refractivity contribution in [2.45, 2.75) is 102 Å². The monoisotopic (exact) mass is 597 g/mol. The topological polar surface area (TPSA) is 209 Å². The van der Waals surface area contributed by atoms with Crippen molar-refractivity contribution in [2.24, 2.45) is 0 Å². The second-order valence-electron chi connectivity index (χ2n) is 10.5. The zero-order chi connectivity index (χ0) is 31.0. The number of hydrogen-bond acceptors (Lipinski definition) is 12. The molecule has 0 spiro atoms. The lowest BCUT2D eigenvalue weighted by Gasteiger charge is -2.39. The van der Waals surface area contributed by atoms with Crippen molar-refractivity contribution in [3.05, 3.63) is 11.1 Å². The maximum atomic E-state index is 12.8. The number of imide groups is 2. The summed E-state index contributed by atoms with van der Waals surface area (Å²) in [4.78, 5) is 78.4. The first-order chi connectivity index (χ1) is 19.9. The summed E-state index contributed by atoms with van der Waals surface area (Å²) in [5.74, 6) is -3.06. The molecule has 3 rings (SSSR count). The number of unbranched alkanes of at least 4 members (excludes halogenated alkanes) is 1. The van der Waals surface area contributed by atoms with Gasteiger partial charge in [0.15, 0.2) is 6.29 Å². The van der Waals surface area contributed by atoms with E-state index in [1.165, 1.54) is 13.8 Å². The van der Waals surface area contributed by atoms with Crippen LogP contribution in [-0.2, 0) is 43.1 Å². The highest BCUT2D eigenvalue weighted by molar-refractivity contribution is 6.04. The van der Waals surface area contributed by atoms with Crippen LogP contribution in [0.3, 0.4) is 0 Å². The molecule has 0 aromatic heterocycles. The normalized spacial score (nSPS) is 26.3. The molecule has 5 atom stereocenters. The second-order valence-corrected chi connectivity index (χ2v) is 10.5. The average Bonchev–Trinajstić information content (AvgIpc) is 3.26. The molecular weight excluding hydrogens is 558 g/mol. The Morgan fingerprint density at radius 1 is 0.905 bits per heavy atom. The lowest BCUT2D eigenvalue weighted by atomic mass is 9.95. The van der Waals surface area contributed by atoms with Crippen molar-refractivity contribution in [1.29, 1.82) is 0 Å². The minimum Gasteiger partial charge on any atom is -0.388 e. The number of ether oxygens (including phenoxy) is 2. The molecular formula is C27H39N3O12. The second kappa shape index (κ2) is 15.3. The highest BCUT2D eigenvalue weighted by atomic mass is 16.7. The summed E-state index contributed by atoms with van der Waals surface area (Å²) in [5, 5.41) is 32.7. The summed E-state index contributed by atoms with van der Waals surface area (Å²) < 4.78 is 11.0. The molecule has 0 aliphatic carbocycles. The minimum atomic E-state index is -1.49. The highest BCUT2D eigenvalue weighted by Crippen LogP contribution is 2.25. The molecule has 3 aliphatic rings. The fourth-order valence-electron chi connectivity index (χ4n) is 4.95. The predicted molar refractivity (Wildman–Crippen MR) is 140 cm³/mol. The maximum absolute atomic E-state index is 12.8. The summed E-state index contributed by atoms with van der Waals surface area (Å²) in [6, 6.07) is 0. The Bertz CT molecular complexity index is 1070. The Hall–Kier alpha value is -3.24. The maximum Gasteiger partial charge on any atom is 0.333 e. The number of hydroxylamine groups is 2. The number of carbonyl (C=O) groups is 6. The van der Waals surface area contributed by atoms with E-state index in [0.717, 1.165) is 5.57 Å². The van der Waals surface area contributed by atoms with Crippen LogP contribution < -0.4 is 5.32 Å². The molecule has 0 unspecified atom stereocenters. The third-order valence-electron chi connectivity index (χ3n) is 7.37. The van der Waals surface area contributed by atoms with E-state index < -0.39 is 60.3 Å². The van der Waals surface area contributed by atoms with Gasteiger partial charge in [0, 0.05) is 57.7 Å². The average molecular weight is 598 g/mol. The Morgan fingerprint density at radius 3 is 2.14 bits per heavy atom. The first-order valence-corrected chi connectivity index (χ1v) is 14.1. The van der Waals surface area contributed by atoms with Crippen molar-refractivity contribution in [3.63, 3.8) is 0 Å². The molecule has 0 aromatic carbocycles. The molecule has 15 nitrogen and oxygen atoms in total. The molecule has 5 amide bonds. The van der Waals surface area contributed by atoms with E-state index >= 15 is 0 Å². The first-order valence-electron chi connectivity index (χ1n) is 14.1. The summed E-state index contributed by atoms with van der Waals surface area (Å²) in [6.07, 6.45) is -4.47. The molecule has 3 saturated heterocycles. The standard InChI is InChI=1S/C27H39N3O12/c1-15-23(36)24(37)25(38)27(41-15)40-14-11-18(26(39)28-16(2)31)17-9-12-29(13-10-17)19(32)5-3-4-6-22(35)42-30-20(33)7-8-21(30)34/h15,23-25,27,36-38H,3-14H2,1-2H3,(H,28,31,39)/t15-,23+,24+,25-,27+/m0/s1. The molecule has 3 heterocycles. The molecule has 3 aliphatic heterocycles. The molecule has 0 bridgehead atoms. The molecule has 15 heteroatoms. The molecule has 4 N–H and O–H groups in total. The van der Waals surface area contributed by atoms with Crippen molar-refractivity contribution in [3.8, 4) is 0 Å². The summed E-state index contributed by atoms with van der Waals surface area (Å²) in [6.45, 7) is 3.35. The molecule has 234 valence electrons. The molecule has 42 heavy (non-hydrogen) atoms. The number of aliphatic hydroxyl groups is 3. The Kier molecular flexibility index (Phi) is 12.1. The van der Waals surface area contributed by atoms with Crippen LogP contribution in [0.25, 0.3) is 0 Å². The van der Waals surface area contributed by atoms with Gasteiger partial charge < -0.3 is 34.5 Å².